The van der Waals surface area contributed by atoms with Crippen LogP contribution in [0.3, 0.4) is 0 Å². The van der Waals surface area contributed by atoms with Gasteiger partial charge in [0.15, 0.2) is 6.29 Å². The third kappa shape index (κ3) is 3.84. The SMILES string of the molecule is C=CCC(O)OCC. The molecule has 2 heteroatoms. The summed E-state index contributed by atoms with van der Waals surface area (Å²) in [5.41, 5.74) is 0. The van der Waals surface area contributed by atoms with Gasteiger partial charge >= 0.3 is 0 Å². The van der Waals surface area contributed by atoms with Crippen molar-refractivity contribution in [1.29, 1.82) is 0 Å². The fourth-order valence-corrected chi connectivity index (χ4v) is 0.403. The van der Waals surface area contributed by atoms with Crippen LogP contribution in [0.25, 0.3) is 0 Å². The molecule has 0 spiro atoms. The largest absolute Gasteiger partial charge is 0.368 e. The van der Waals surface area contributed by atoms with Gasteiger partial charge in [0.2, 0.25) is 0 Å². The average Bonchev–Trinajstić information content (AvgIpc) is 1.68. The van der Waals surface area contributed by atoms with Gasteiger partial charge in [0.05, 0.1) is 0 Å². The van der Waals surface area contributed by atoms with Gasteiger partial charge < -0.3 is 9.84 Å². The van der Waals surface area contributed by atoms with Crippen LogP contribution in [-0.4, -0.2) is 18.0 Å². The number of aliphatic hydroxyl groups is 1. The molecule has 0 amide bonds. The van der Waals surface area contributed by atoms with Crippen molar-refractivity contribution < 1.29 is 9.84 Å². The van der Waals surface area contributed by atoms with E-state index in [4.69, 9.17) is 9.84 Å². The van der Waals surface area contributed by atoms with Crippen LogP contribution < -0.4 is 0 Å². The second kappa shape index (κ2) is 4.81. The Labute approximate surface area is 49.8 Å². The van der Waals surface area contributed by atoms with Crippen molar-refractivity contribution >= 4 is 0 Å². The minimum absolute atomic E-state index is 0.508. The quantitative estimate of drug-likeness (QED) is 0.437. The number of hydrogen-bond acceptors (Lipinski definition) is 2. The Morgan fingerprint density at radius 2 is 2.50 bits per heavy atom. The standard InChI is InChI=1S/C6H12O2/c1-3-5-6(7)8-4-2/h3,6-7H,1,4-5H2,2H3. The van der Waals surface area contributed by atoms with Crippen LogP contribution in [0.1, 0.15) is 13.3 Å². The topological polar surface area (TPSA) is 29.5 Å². The Hall–Kier alpha value is -0.340. The van der Waals surface area contributed by atoms with Gasteiger partial charge in [0, 0.05) is 13.0 Å². The smallest absolute Gasteiger partial charge is 0.157 e. The average molecular weight is 116 g/mol. The molecule has 1 atom stereocenters. The van der Waals surface area contributed by atoms with E-state index in [9.17, 15) is 0 Å². The lowest BCUT2D eigenvalue weighted by Crippen LogP contribution is -2.09. The van der Waals surface area contributed by atoms with E-state index in [-0.39, 0.29) is 0 Å². The Balaban J connectivity index is 3.03. The van der Waals surface area contributed by atoms with E-state index in [1.54, 1.807) is 6.08 Å². The van der Waals surface area contributed by atoms with Gasteiger partial charge in [0.1, 0.15) is 0 Å². The van der Waals surface area contributed by atoms with Gasteiger partial charge in [-0.15, -0.1) is 6.58 Å². The van der Waals surface area contributed by atoms with E-state index in [2.05, 4.69) is 6.58 Å². The van der Waals surface area contributed by atoms with Crippen LogP contribution in [0, 0.1) is 0 Å². The lowest BCUT2D eigenvalue weighted by Gasteiger charge is -2.05. The first-order chi connectivity index (χ1) is 3.81. The van der Waals surface area contributed by atoms with Gasteiger partial charge in [-0.25, -0.2) is 0 Å². The van der Waals surface area contributed by atoms with E-state index in [1.807, 2.05) is 6.92 Å². The molecule has 0 rings (SSSR count). The summed E-state index contributed by atoms with van der Waals surface area (Å²) in [4.78, 5) is 0. The summed E-state index contributed by atoms with van der Waals surface area (Å²) in [7, 11) is 0. The zero-order valence-electron chi connectivity index (χ0n) is 5.13. The summed E-state index contributed by atoms with van der Waals surface area (Å²) in [6.07, 6.45) is 1.48. The van der Waals surface area contributed by atoms with Crippen molar-refractivity contribution in [2.24, 2.45) is 0 Å². The molecule has 0 aromatic carbocycles. The Morgan fingerprint density at radius 1 is 1.88 bits per heavy atom. The molecule has 0 heterocycles. The zero-order chi connectivity index (χ0) is 6.41. The minimum Gasteiger partial charge on any atom is -0.368 e. The van der Waals surface area contributed by atoms with Gasteiger partial charge in [-0.2, -0.15) is 0 Å². The molecule has 0 fully saturated rings. The van der Waals surface area contributed by atoms with E-state index in [1.165, 1.54) is 0 Å². The van der Waals surface area contributed by atoms with Crippen molar-refractivity contribution in [1.82, 2.24) is 0 Å². The third-order valence-corrected chi connectivity index (χ3v) is 0.727. The predicted octanol–water partition coefficient (Wildman–Crippen LogP) is 0.917. The Morgan fingerprint density at radius 3 is 2.88 bits per heavy atom. The predicted molar refractivity (Wildman–Crippen MR) is 32.4 cm³/mol. The molecule has 1 N–H and O–H groups in total. The fourth-order valence-electron chi connectivity index (χ4n) is 0.403. The van der Waals surface area contributed by atoms with Crippen LogP contribution in [0.5, 0.6) is 0 Å². The first-order valence-electron chi connectivity index (χ1n) is 2.71. The van der Waals surface area contributed by atoms with E-state index >= 15 is 0 Å². The molecule has 1 unspecified atom stereocenters. The van der Waals surface area contributed by atoms with Crippen LogP contribution in [-0.2, 0) is 4.74 Å². The summed E-state index contributed by atoms with van der Waals surface area (Å²) in [6, 6.07) is 0. The Kier molecular flexibility index (Phi) is 4.61. The number of ether oxygens (including phenoxy) is 1. The normalized spacial score (nSPS) is 13.2. The van der Waals surface area contributed by atoms with Crippen LogP contribution in [0.2, 0.25) is 0 Å². The fraction of sp³-hybridized carbons (Fsp3) is 0.667. The molecule has 0 aromatic rings. The van der Waals surface area contributed by atoms with Crippen molar-refractivity contribution in [3.05, 3.63) is 12.7 Å². The molecule has 8 heavy (non-hydrogen) atoms. The van der Waals surface area contributed by atoms with Gasteiger partial charge in [-0.1, -0.05) is 6.08 Å². The molecule has 0 aliphatic heterocycles. The first kappa shape index (κ1) is 7.66. The minimum atomic E-state index is -0.655. The number of aliphatic hydroxyl groups excluding tert-OH is 1. The highest BCUT2D eigenvalue weighted by atomic mass is 16.6. The highest BCUT2D eigenvalue weighted by molar-refractivity contribution is 4.66. The second-order valence-corrected chi connectivity index (χ2v) is 1.43. The highest BCUT2D eigenvalue weighted by Gasteiger charge is 1.95. The molecular formula is C6H12O2. The lowest BCUT2D eigenvalue weighted by atomic mass is 10.4. The molecule has 0 aliphatic rings. The molecule has 0 aliphatic carbocycles. The maximum Gasteiger partial charge on any atom is 0.157 e. The summed E-state index contributed by atoms with van der Waals surface area (Å²) in [6.45, 7) is 5.83. The highest BCUT2D eigenvalue weighted by Crippen LogP contribution is 1.92. The van der Waals surface area contributed by atoms with E-state index in [0.717, 1.165) is 0 Å². The van der Waals surface area contributed by atoms with E-state index < -0.39 is 6.29 Å². The molecular weight excluding hydrogens is 104 g/mol. The van der Waals surface area contributed by atoms with Crippen LogP contribution in [0.4, 0.5) is 0 Å². The maximum atomic E-state index is 8.76. The van der Waals surface area contributed by atoms with Crippen molar-refractivity contribution in [3.63, 3.8) is 0 Å². The molecule has 0 radical (unpaired) electrons. The summed E-state index contributed by atoms with van der Waals surface area (Å²) < 4.78 is 4.77. The molecule has 0 saturated heterocycles. The second-order valence-electron chi connectivity index (χ2n) is 1.43. The maximum absolute atomic E-state index is 8.76. The molecule has 0 saturated carbocycles. The third-order valence-electron chi connectivity index (χ3n) is 0.727. The molecule has 0 bridgehead atoms. The number of hydrogen-bond donors (Lipinski definition) is 1. The van der Waals surface area contributed by atoms with E-state index in [0.29, 0.717) is 13.0 Å². The summed E-state index contributed by atoms with van der Waals surface area (Å²) >= 11 is 0. The van der Waals surface area contributed by atoms with Crippen LogP contribution >= 0.6 is 0 Å². The summed E-state index contributed by atoms with van der Waals surface area (Å²) in [5.74, 6) is 0. The number of rotatable bonds is 4. The van der Waals surface area contributed by atoms with Gasteiger partial charge in [0.25, 0.3) is 0 Å². The lowest BCUT2D eigenvalue weighted by molar-refractivity contribution is -0.0910. The monoisotopic (exact) mass is 116 g/mol. The molecule has 48 valence electrons. The van der Waals surface area contributed by atoms with Crippen molar-refractivity contribution in [3.8, 4) is 0 Å². The molecule has 2 nitrogen and oxygen atoms in total. The first-order valence-corrected chi connectivity index (χ1v) is 2.71. The van der Waals surface area contributed by atoms with Crippen molar-refractivity contribution in [2.45, 2.75) is 19.6 Å². The van der Waals surface area contributed by atoms with Crippen molar-refractivity contribution in [2.75, 3.05) is 6.61 Å². The van der Waals surface area contributed by atoms with Gasteiger partial charge in [-0.05, 0) is 6.92 Å². The summed E-state index contributed by atoms with van der Waals surface area (Å²) in [5, 5.41) is 8.76. The molecule has 0 aromatic heterocycles. The van der Waals surface area contributed by atoms with Crippen LogP contribution in [0.15, 0.2) is 12.7 Å². The van der Waals surface area contributed by atoms with Gasteiger partial charge in [-0.3, -0.25) is 0 Å². The Bertz CT molecular complexity index is 61.5. The zero-order valence-corrected chi connectivity index (χ0v) is 5.13.